The summed E-state index contributed by atoms with van der Waals surface area (Å²) in [6.07, 6.45) is 1.82. The second-order valence-corrected chi connectivity index (χ2v) is 7.17. The first-order chi connectivity index (χ1) is 13.7. The van der Waals surface area contributed by atoms with Crippen LogP contribution in [0.15, 0.2) is 48.7 Å². The number of anilines is 2. The maximum Gasteiger partial charge on any atom is 0.124 e. The zero-order valence-electron chi connectivity index (χ0n) is 16.2. The number of H-pyrrole nitrogens is 1. The Bertz CT molecular complexity index is 991. The van der Waals surface area contributed by atoms with Crippen molar-refractivity contribution in [1.29, 1.82) is 5.26 Å². The molecule has 1 aromatic carbocycles. The minimum absolute atomic E-state index is 0.686. The molecule has 4 rings (SSSR count). The molecule has 2 N–H and O–H groups in total. The second-order valence-electron chi connectivity index (χ2n) is 7.17. The first-order valence-corrected chi connectivity index (χ1v) is 9.48. The maximum atomic E-state index is 9.58. The summed E-state index contributed by atoms with van der Waals surface area (Å²) in [6, 6.07) is 16.7. The fourth-order valence-corrected chi connectivity index (χ4v) is 3.51. The number of nitriles is 1. The molecule has 6 nitrogen and oxygen atoms in total. The number of aromatic nitrogens is 2. The number of hydrogen-bond donors (Lipinski definition) is 2. The molecule has 6 heteroatoms. The van der Waals surface area contributed by atoms with Crippen molar-refractivity contribution in [2.24, 2.45) is 0 Å². The molecule has 1 fully saturated rings. The molecule has 3 heterocycles. The van der Waals surface area contributed by atoms with E-state index in [2.05, 4.69) is 61.5 Å². The van der Waals surface area contributed by atoms with Crippen LogP contribution < -0.4 is 15.1 Å². The van der Waals surface area contributed by atoms with Crippen molar-refractivity contribution in [2.45, 2.75) is 0 Å². The molecule has 28 heavy (non-hydrogen) atoms. The Morgan fingerprint density at radius 2 is 1.79 bits per heavy atom. The third-order valence-electron chi connectivity index (χ3n) is 5.10. The van der Waals surface area contributed by atoms with E-state index < -0.39 is 0 Å². The van der Waals surface area contributed by atoms with Gasteiger partial charge in [-0.05, 0) is 30.3 Å². The van der Waals surface area contributed by atoms with Crippen molar-refractivity contribution >= 4 is 11.5 Å². The molecule has 0 atom stereocenters. The first-order valence-electron chi connectivity index (χ1n) is 9.48. The predicted octanol–water partition coefficient (Wildman–Crippen LogP) is 3.09. The number of rotatable bonds is 4. The zero-order valence-corrected chi connectivity index (χ0v) is 16.2. The predicted molar refractivity (Wildman–Crippen MR) is 114 cm³/mol. The average molecular weight is 372 g/mol. The molecular weight excluding hydrogens is 348 g/mol. The van der Waals surface area contributed by atoms with E-state index in [4.69, 9.17) is 0 Å². The van der Waals surface area contributed by atoms with Crippen molar-refractivity contribution < 1.29 is 0 Å². The van der Waals surface area contributed by atoms with Crippen molar-refractivity contribution in [2.75, 3.05) is 50.1 Å². The zero-order chi connectivity index (χ0) is 19.5. The Balaban J connectivity index is 1.66. The lowest BCUT2D eigenvalue weighted by atomic mass is 10.1. The van der Waals surface area contributed by atoms with E-state index in [1.165, 1.54) is 0 Å². The number of nitrogens with zero attached hydrogens (tertiary/aromatic N) is 4. The number of piperazine rings is 1. The lowest BCUT2D eigenvalue weighted by molar-refractivity contribution is 0.585. The Hall–Kier alpha value is -3.30. The standard InChI is InChI=1S/C22H24N6/c1-27(2)19-5-3-16(4-6-19)20-13-17(7-8-25-20)21-14-18(15-23)22(26-21)28-11-9-24-10-12-28/h3-8,13-14,24,26H,9-12H2,1-2H3. The molecule has 0 unspecified atom stereocenters. The highest BCUT2D eigenvalue weighted by Crippen LogP contribution is 2.30. The smallest absolute Gasteiger partial charge is 0.124 e. The third kappa shape index (κ3) is 3.57. The largest absolute Gasteiger partial charge is 0.378 e. The lowest BCUT2D eigenvalue weighted by Crippen LogP contribution is -2.44. The van der Waals surface area contributed by atoms with Gasteiger partial charge in [0.1, 0.15) is 11.9 Å². The van der Waals surface area contributed by atoms with Gasteiger partial charge in [-0.25, -0.2) is 0 Å². The van der Waals surface area contributed by atoms with E-state index >= 15 is 0 Å². The maximum absolute atomic E-state index is 9.58. The summed E-state index contributed by atoms with van der Waals surface area (Å²) in [6.45, 7) is 3.66. The Morgan fingerprint density at radius 1 is 1.04 bits per heavy atom. The second kappa shape index (κ2) is 7.75. The highest BCUT2D eigenvalue weighted by Gasteiger charge is 2.18. The summed E-state index contributed by atoms with van der Waals surface area (Å²) >= 11 is 0. The van der Waals surface area contributed by atoms with Crippen LogP contribution in [0.2, 0.25) is 0 Å². The summed E-state index contributed by atoms with van der Waals surface area (Å²) in [7, 11) is 4.06. The van der Waals surface area contributed by atoms with E-state index in [-0.39, 0.29) is 0 Å². The number of pyridine rings is 1. The summed E-state index contributed by atoms with van der Waals surface area (Å²) in [5.41, 5.74) is 5.80. The van der Waals surface area contributed by atoms with Crippen molar-refractivity contribution in [3.8, 4) is 28.6 Å². The Morgan fingerprint density at radius 3 is 2.46 bits per heavy atom. The number of aromatic amines is 1. The van der Waals surface area contributed by atoms with Crippen LogP contribution >= 0.6 is 0 Å². The van der Waals surface area contributed by atoms with Crippen molar-refractivity contribution in [1.82, 2.24) is 15.3 Å². The number of nitrogens with one attached hydrogen (secondary N) is 2. The highest BCUT2D eigenvalue weighted by molar-refractivity contribution is 5.73. The number of benzene rings is 1. The van der Waals surface area contributed by atoms with E-state index in [1.54, 1.807) is 0 Å². The van der Waals surface area contributed by atoms with Crippen LogP contribution in [0.4, 0.5) is 11.5 Å². The van der Waals surface area contributed by atoms with Crippen LogP contribution in [0.25, 0.3) is 22.5 Å². The molecule has 0 radical (unpaired) electrons. The summed E-state index contributed by atoms with van der Waals surface area (Å²) in [4.78, 5) is 12.3. The first kappa shape index (κ1) is 18.1. The van der Waals surface area contributed by atoms with E-state index in [9.17, 15) is 5.26 Å². The molecule has 0 bridgehead atoms. The van der Waals surface area contributed by atoms with Gasteiger partial charge < -0.3 is 20.1 Å². The SMILES string of the molecule is CN(C)c1ccc(-c2cc(-c3cc(C#N)c(N4CCNCC4)[nH]3)ccn2)cc1. The fraction of sp³-hybridized carbons (Fsp3) is 0.273. The molecule has 2 aromatic heterocycles. The van der Waals surface area contributed by atoms with Crippen molar-refractivity contribution in [3.63, 3.8) is 0 Å². The van der Waals surface area contributed by atoms with Crippen molar-refractivity contribution in [3.05, 3.63) is 54.2 Å². The molecular formula is C22H24N6. The summed E-state index contributed by atoms with van der Waals surface area (Å²) < 4.78 is 0. The van der Waals surface area contributed by atoms with Gasteiger partial charge >= 0.3 is 0 Å². The van der Waals surface area contributed by atoms with Crippen LogP contribution in [-0.2, 0) is 0 Å². The molecule has 0 spiro atoms. The minimum atomic E-state index is 0.686. The van der Waals surface area contributed by atoms with Gasteiger partial charge in [-0.2, -0.15) is 5.26 Å². The van der Waals surface area contributed by atoms with Gasteiger partial charge in [0.25, 0.3) is 0 Å². The van der Waals surface area contributed by atoms with Crippen LogP contribution in [0, 0.1) is 11.3 Å². The molecule has 142 valence electrons. The van der Waals surface area contributed by atoms with Crippen LogP contribution in [-0.4, -0.2) is 50.2 Å². The van der Waals surface area contributed by atoms with E-state index in [1.807, 2.05) is 32.4 Å². The van der Waals surface area contributed by atoms with Crippen LogP contribution in [0.5, 0.6) is 0 Å². The van der Waals surface area contributed by atoms with Gasteiger partial charge in [0.05, 0.1) is 11.3 Å². The molecule has 3 aromatic rings. The lowest BCUT2D eigenvalue weighted by Gasteiger charge is -2.28. The van der Waals surface area contributed by atoms with Gasteiger partial charge in [-0.1, -0.05) is 12.1 Å². The van der Waals surface area contributed by atoms with Gasteiger partial charge in [0, 0.05) is 69.0 Å². The van der Waals surface area contributed by atoms with E-state index in [0.29, 0.717) is 5.56 Å². The Kier molecular flexibility index (Phi) is 5.00. The summed E-state index contributed by atoms with van der Waals surface area (Å²) in [5, 5.41) is 12.9. The average Bonchev–Trinajstić information content (AvgIpc) is 3.19. The molecule has 1 aliphatic rings. The fourth-order valence-electron chi connectivity index (χ4n) is 3.51. The monoisotopic (exact) mass is 372 g/mol. The van der Waals surface area contributed by atoms with Gasteiger partial charge in [-0.3, -0.25) is 4.98 Å². The van der Waals surface area contributed by atoms with Gasteiger partial charge in [0.2, 0.25) is 0 Å². The topological polar surface area (TPSA) is 71.0 Å². The molecule has 1 aliphatic heterocycles. The molecule has 1 saturated heterocycles. The normalized spacial score (nSPS) is 14.0. The molecule has 0 saturated carbocycles. The van der Waals surface area contributed by atoms with Crippen LogP contribution in [0.1, 0.15) is 5.56 Å². The minimum Gasteiger partial charge on any atom is -0.378 e. The molecule has 0 aliphatic carbocycles. The number of hydrogen-bond acceptors (Lipinski definition) is 5. The van der Waals surface area contributed by atoms with Gasteiger partial charge in [-0.15, -0.1) is 0 Å². The van der Waals surface area contributed by atoms with Crippen LogP contribution in [0.3, 0.4) is 0 Å². The van der Waals surface area contributed by atoms with E-state index in [0.717, 1.165) is 60.2 Å². The summed E-state index contributed by atoms with van der Waals surface area (Å²) in [5.74, 6) is 0.910. The quantitative estimate of drug-likeness (QED) is 0.736. The highest BCUT2D eigenvalue weighted by atomic mass is 15.2. The third-order valence-corrected chi connectivity index (χ3v) is 5.10. The molecule has 0 amide bonds. The van der Waals surface area contributed by atoms with Gasteiger partial charge in [0.15, 0.2) is 0 Å². The Labute approximate surface area is 165 Å².